The van der Waals surface area contributed by atoms with Gasteiger partial charge in [0.1, 0.15) is 0 Å². The van der Waals surface area contributed by atoms with E-state index in [2.05, 4.69) is 15.5 Å². The number of hydrogen-bond acceptors (Lipinski definition) is 4. The average molecular weight is 168 g/mol. The molecule has 0 saturated carbocycles. The van der Waals surface area contributed by atoms with Gasteiger partial charge in [-0.15, -0.1) is 5.10 Å². The van der Waals surface area contributed by atoms with Crippen LogP contribution < -0.4 is 0 Å². The molecule has 1 unspecified atom stereocenters. The molecule has 1 aromatic heterocycles. The van der Waals surface area contributed by atoms with E-state index >= 15 is 0 Å². The van der Waals surface area contributed by atoms with Gasteiger partial charge in [0.15, 0.2) is 5.82 Å². The topological polar surface area (TPSA) is 80.9 Å². The Morgan fingerprint density at radius 2 is 2.50 bits per heavy atom. The fourth-order valence-corrected chi connectivity index (χ4v) is 1.35. The second-order valence-corrected chi connectivity index (χ2v) is 2.85. The molecule has 1 atom stereocenters. The summed E-state index contributed by atoms with van der Waals surface area (Å²) in [6.07, 6.45) is 1.29. The van der Waals surface area contributed by atoms with E-state index in [-0.39, 0.29) is 5.92 Å². The molecular formula is C6H8N4O2. The van der Waals surface area contributed by atoms with Crippen LogP contribution >= 0.6 is 0 Å². The molecule has 6 heteroatoms. The van der Waals surface area contributed by atoms with Gasteiger partial charge in [0.05, 0.1) is 12.5 Å². The number of aliphatic carboxylic acids is 1. The zero-order valence-corrected chi connectivity index (χ0v) is 6.34. The fraction of sp³-hybridized carbons (Fsp3) is 0.667. The van der Waals surface area contributed by atoms with E-state index in [0.717, 1.165) is 5.82 Å². The number of fused-ring (bicyclic) bond motifs is 1. The van der Waals surface area contributed by atoms with Crippen molar-refractivity contribution in [3.63, 3.8) is 0 Å². The van der Waals surface area contributed by atoms with Crippen molar-refractivity contribution in [1.29, 1.82) is 0 Å². The SMILES string of the molecule is O=C(O)C1CCc2nnnn2C1. The van der Waals surface area contributed by atoms with Gasteiger partial charge in [-0.3, -0.25) is 4.79 Å². The van der Waals surface area contributed by atoms with Crippen LogP contribution in [0.4, 0.5) is 0 Å². The highest BCUT2D eigenvalue weighted by atomic mass is 16.4. The van der Waals surface area contributed by atoms with Crippen molar-refractivity contribution in [3.05, 3.63) is 5.82 Å². The number of carbonyl (C=O) groups is 1. The van der Waals surface area contributed by atoms with Gasteiger partial charge in [0.2, 0.25) is 0 Å². The second kappa shape index (κ2) is 2.54. The lowest BCUT2D eigenvalue weighted by atomic mass is 10.0. The van der Waals surface area contributed by atoms with E-state index in [1.807, 2.05) is 0 Å². The van der Waals surface area contributed by atoms with Crippen LogP contribution in [0.5, 0.6) is 0 Å². The number of tetrazole rings is 1. The van der Waals surface area contributed by atoms with Crippen LogP contribution in [0.25, 0.3) is 0 Å². The monoisotopic (exact) mass is 168 g/mol. The maximum absolute atomic E-state index is 10.6. The van der Waals surface area contributed by atoms with Gasteiger partial charge in [0.25, 0.3) is 0 Å². The average Bonchev–Trinajstić information content (AvgIpc) is 2.49. The maximum Gasteiger partial charge on any atom is 0.308 e. The molecule has 6 nitrogen and oxygen atoms in total. The van der Waals surface area contributed by atoms with Crippen molar-refractivity contribution in [2.75, 3.05) is 0 Å². The molecule has 0 bridgehead atoms. The molecule has 2 heterocycles. The van der Waals surface area contributed by atoms with Crippen LogP contribution in [-0.4, -0.2) is 31.3 Å². The smallest absolute Gasteiger partial charge is 0.308 e. The van der Waals surface area contributed by atoms with Crippen molar-refractivity contribution in [1.82, 2.24) is 20.2 Å². The minimum Gasteiger partial charge on any atom is -0.481 e. The Morgan fingerprint density at radius 1 is 1.67 bits per heavy atom. The van der Waals surface area contributed by atoms with Crippen LogP contribution in [0, 0.1) is 5.92 Å². The summed E-state index contributed by atoms with van der Waals surface area (Å²) in [5.74, 6) is -0.315. The third-order valence-corrected chi connectivity index (χ3v) is 2.07. The standard InChI is InChI=1S/C6H8N4O2/c11-6(12)4-1-2-5-7-8-9-10(5)3-4/h4H,1-3H2,(H,11,12). The molecule has 12 heavy (non-hydrogen) atoms. The Hall–Kier alpha value is -1.46. The van der Waals surface area contributed by atoms with E-state index in [4.69, 9.17) is 5.11 Å². The zero-order valence-electron chi connectivity index (χ0n) is 6.34. The molecule has 1 aliphatic rings. The zero-order chi connectivity index (χ0) is 8.55. The van der Waals surface area contributed by atoms with Crippen molar-refractivity contribution in [3.8, 4) is 0 Å². The normalized spacial score (nSPS) is 21.8. The summed E-state index contributed by atoms with van der Waals surface area (Å²) in [7, 11) is 0. The molecule has 64 valence electrons. The largest absolute Gasteiger partial charge is 0.481 e. The predicted octanol–water partition coefficient (Wildman–Crippen LogP) is -0.680. The molecule has 0 saturated heterocycles. The quantitative estimate of drug-likeness (QED) is 0.600. The molecule has 1 aromatic rings. The first kappa shape index (κ1) is 7.20. The molecule has 1 N–H and O–H groups in total. The first-order valence-electron chi connectivity index (χ1n) is 3.75. The minimum absolute atomic E-state index is 0.332. The van der Waals surface area contributed by atoms with Crippen LogP contribution in [0.1, 0.15) is 12.2 Å². The van der Waals surface area contributed by atoms with Crippen LogP contribution in [0.2, 0.25) is 0 Å². The number of carboxylic acids is 1. The molecule has 2 rings (SSSR count). The Labute approximate surface area is 68.2 Å². The second-order valence-electron chi connectivity index (χ2n) is 2.85. The van der Waals surface area contributed by atoms with Crippen LogP contribution in [0.15, 0.2) is 0 Å². The molecular weight excluding hydrogens is 160 g/mol. The number of carboxylic acid groups (broad SMARTS) is 1. The van der Waals surface area contributed by atoms with Crippen molar-refractivity contribution >= 4 is 5.97 Å². The summed E-state index contributed by atoms with van der Waals surface area (Å²) in [5, 5.41) is 19.6. The Morgan fingerprint density at radius 3 is 3.25 bits per heavy atom. The summed E-state index contributed by atoms with van der Waals surface area (Å²) in [6.45, 7) is 0.400. The van der Waals surface area contributed by atoms with Crippen molar-refractivity contribution in [2.45, 2.75) is 19.4 Å². The first-order valence-corrected chi connectivity index (χ1v) is 3.75. The van der Waals surface area contributed by atoms with Gasteiger partial charge in [-0.25, -0.2) is 4.68 Å². The van der Waals surface area contributed by atoms with Crippen molar-refractivity contribution < 1.29 is 9.90 Å². The van der Waals surface area contributed by atoms with E-state index in [1.165, 1.54) is 0 Å². The van der Waals surface area contributed by atoms with Gasteiger partial charge in [-0.2, -0.15) is 0 Å². The number of rotatable bonds is 1. The van der Waals surface area contributed by atoms with Crippen molar-refractivity contribution in [2.24, 2.45) is 5.92 Å². The molecule has 0 aromatic carbocycles. The van der Waals surface area contributed by atoms with E-state index < -0.39 is 5.97 Å². The summed E-state index contributed by atoms with van der Waals surface area (Å²) in [6, 6.07) is 0. The number of hydrogen-bond donors (Lipinski definition) is 1. The highest BCUT2D eigenvalue weighted by Gasteiger charge is 2.25. The lowest BCUT2D eigenvalue weighted by Crippen LogP contribution is -2.27. The summed E-state index contributed by atoms with van der Waals surface area (Å²) in [5.41, 5.74) is 0. The Kier molecular flexibility index (Phi) is 1.53. The highest BCUT2D eigenvalue weighted by molar-refractivity contribution is 5.70. The molecule has 0 radical (unpaired) electrons. The third kappa shape index (κ3) is 1.05. The van der Waals surface area contributed by atoms with Gasteiger partial charge < -0.3 is 5.11 Å². The first-order chi connectivity index (χ1) is 5.77. The van der Waals surface area contributed by atoms with Gasteiger partial charge in [-0.1, -0.05) is 0 Å². The third-order valence-electron chi connectivity index (χ3n) is 2.07. The lowest BCUT2D eigenvalue weighted by Gasteiger charge is -2.17. The Bertz CT molecular complexity index is 308. The number of nitrogens with zero attached hydrogens (tertiary/aromatic N) is 4. The lowest BCUT2D eigenvalue weighted by molar-refractivity contribution is -0.142. The van der Waals surface area contributed by atoms with Gasteiger partial charge in [-0.05, 0) is 16.8 Å². The van der Waals surface area contributed by atoms with Gasteiger partial charge in [0, 0.05) is 6.42 Å². The Balaban J connectivity index is 2.20. The highest BCUT2D eigenvalue weighted by Crippen LogP contribution is 2.16. The summed E-state index contributed by atoms with van der Waals surface area (Å²) in [4.78, 5) is 10.6. The van der Waals surface area contributed by atoms with E-state index in [1.54, 1.807) is 4.68 Å². The van der Waals surface area contributed by atoms with E-state index in [0.29, 0.717) is 19.4 Å². The molecule has 0 amide bonds. The minimum atomic E-state index is -0.767. The van der Waals surface area contributed by atoms with Crippen LogP contribution in [0.3, 0.4) is 0 Å². The summed E-state index contributed by atoms with van der Waals surface area (Å²) < 4.78 is 1.56. The molecule has 0 aliphatic carbocycles. The molecule has 0 spiro atoms. The maximum atomic E-state index is 10.6. The molecule has 1 aliphatic heterocycles. The number of aromatic nitrogens is 4. The van der Waals surface area contributed by atoms with Gasteiger partial charge >= 0.3 is 5.97 Å². The predicted molar refractivity (Wildman–Crippen MR) is 37.3 cm³/mol. The summed E-state index contributed by atoms with van der Waals surface area (Å²) >= 11 is 0. The molecule has 0 fully saturated rings. The number of aryl methyl sites for hydroxylation is 1. The fourth-order valence-electron chi connectivity index (χ4n) is 1.35. The van der Waals surface area contributed by atoms with E-state index in [9.17, 15) is 4.79 Å². The van der Waals surface area contributed by atoms with Crippen LogP contribution in [-0.2, 0) is 17.8 Å².